The molecule has 0 N–H and O–H groups in total. The molecule has 134 valence electrons. The Morgan fingerprint density at radius 2 is 2.20 bits per heavy atom. The fraction of sp³-hybridized carbons (Fsp3) is 0.591. The molecule has 0 radical (unpaired) electrons. The van der Waals surface area contributed by atoms with Gasteiger partial charge in [-0.25, -0.2) is 0 Å². The molecule has 1 saturated carbocycles. The third-order valence-corrected chi connectivity index (χ3v) is 7.61. The van der Waals surface area contributed by atoms with Crippen molar-refractivity contribution in [3.8, 4) is 0 Å². The lowest BCUT2D eigenvalue weighted by Crippen LogP contribution is -2.39. The van der Waals surface area contributed by atoms with Gasteiger partial charge in [0.25, 0.3) is 0 Å². The Balaban J connectivity index is 1.54. The number of carbonyl (C=O) groups excluding carboxylic acids is 1. The largest absolute Gasteiger partial charge is 0.461 e. The minimum atomic E-state index is 0.00156. The highest BCUT2D eigenvalue weighted by Gasteiger charge is 2.51. The number of ether oxygens (including phenoxy) is 1. The Hall–Kier alpha value is -1.22. The van der Waals surface area contributed by atoms with Crippen LogP contribution in [0.5, 0.6) is 0 Å². The molecule has 1 aliphatic heterocycles. The summed E-state index contributed by atoms with van der Waals surface area (Å²) in [5.41, 5.74) is 3.12. The van der Waals surface area contributed by atoms with Crippen molar-refractivity contribution in [3.05, 3.63) is 41.5 Å². The summed E-state index contributed by atoms with van der Waals surface area (Å²) in [6.45, 7) is 6.85. The first-order valence-corrected chi connectivity index (χ1v) is 10.6. The molecule has 2 aliphatic carbocycles. The van der Waals surface area contributed by atoms with Gasteiger partial charge < -0.3 is 4.74 Å². The molecule has 4 rings (SSSR count). The van der Waals surface area contributed by atoms with Gasteiger partial charge in [-0.15, -0.1) is 11.8 Å². The van der Waals surface area contributed by atoms with Crippen molar-refractivity contribution in [3.63, 3.8) is 0 Å². The average molecular weight is 357 g/mol. The molecule has 1 heterocycles. The maximum absolute atomic E-state index is 12.6. The van der Waals surface area contributed by atoms with Crippen LogP contribution in [0, 0.1) is 30.1 Å². The van der Waals surface area contributed by atoms with Gasteiger partial charge in [0.2, 0.25) is 0 Å². The Morgan fingerprint density at radius 1 is 1.36 bits per heavy atom. The number of fused-ring (bicyclic) bond motifs is 2. The van der Waals surface area contributed by atoms with Crippen molar-refractivity contribution in [1.82, 2.24) is 0 Å². The number of allylic oxidation sites excluding steroid dienone is 1. The summed E-state index contributed by atoms with van der Waals surface area (Å²) in [7, 11) is 0. The third kappa shape index (κ3) is 3.16. The van der Waals surface area contributed by atoms with Gasteiger partial charge >= 0.3 is 5.97 Å². The molecule has 1 aromatic rings. The average Bonchev–Trinajstić information content (AvgIpc) is 2.85. The van der Waals surface area contributed by atoms with E-state index < -0.39 is 0 Å². The summed E-state index contributed by atoms with van der Waals surface area (Å²) in [6.07, 6.45) is 7.39. The highest BCUT2D eigenvalue weighted by atomic mass is 32.2. The number of benzene rings is 1. The summed E-state index contributed by atoms with van der Waals surface area (Å²) in [6, 6.07) is 8.53. The summed E-state index contributed by atoms with van der Waals surface area (Å²) in [5.74, 6) is 1.76. The van der Waals surface area contributed by atoms with Crippen molar-refractivity contribution in [2.24, 2.45) is 23.2 Å². The van der Waals surface area contributed by atoms with Crippen LogP contribution in [0.3, 0.4) is 0 Å². The standard InChI is InChI=1S/C22H28O2S/c1-14-6-4-8-16(10-14)25-13-18-17-11-19-15(2)7-5-9-22(19,3)12-20(17)24-21(18)23/h4,6,8,10-11,15,17-18,20H,5,7,9,12-13H2,1-3H3. The van der Waals surface area contributed by atoms with Crippen molar-refractivity contribution in [2.45, 2.75) is 57.5 Å². The molecule has 5 atom stereocenters. The van der Waals surface area contributed by atoms with Crippen LogP contribution in [0.2, 0.25) is 0 Å². The van der Waals surface area contributed by atoms with Crippen molar-refractivity contribution < 1.29 is 9.53 Å². The van der Waals surface area contributed by atoms with Crippen molar-refractivity contribution in [1.29, 1.82) is 0 Å². The van der Waals surface area contributed by atoms with E-state index in [1.807, 2.05) is 0 Å². The lowest BCUT2D eigenvalue weighted by Gasteiger charge is -2.46. The van der Waals surface area contributed by atoms with Crippen molar-refractivity contribution in [2.75, 3.05) is 5.75 Å². The number of carbonyl (C=O) groups is 1. The minimum absolute atomic E-state index is 0.00156. The maximum atomic E-state index is 12.6. The second kappa shape index (κ2) is 6.50. The molecule has 0 amide bonds. The highest BCUT2D eigenvalue weighted by molar-refractivity contribution is 7.99. The topological polar surface area (TPSA) is 26.3 Å². The third-order valence-electron chi connectivity index (χ3n) is 6.50. The molecule has 2 nitrogen and oxygen atoms in total. The van der Waals surface area contributed by atoms with Crippen molar-refractivity contribution >= 4 is 17.7 Å². The van der Waals surface area contributed by atoms with Gasteiger partial charge in [0.15, 0.2) is 0 Å². The zero-order chi connectivity index (χ0) is 17.6. The molecule has 5 unspecified atom stereocenters. The first kappa shape index (κ1) is 17.2. The molecular weight excluding hydrogens is 328 g/mol. The molecule has 0 aromatic heterocycles. The van der Waals surface area contributed by atoms with Crippen LogP contribution in [0.4, 0.5) is 0 Å². The molecule has 2 fully saturated rings. The molecule has 1 saturated heterocycles. The van der Waals surface area contributed by atoms with Gasteiger partial charge in [-0.05, 0) is 49.7 Å². The summed E-state index contributed by atoms with van der Waals surface area (Å²) < 4.78 is 5.84. The van der Waals surface area contributed by atoms with E-state index in [1.54, 1.807) is 17.3 Å². The van der Waals surface area contributed by atoms with E-state index in [2.05, 4.69) is 51.1 Å². The van der Waals surface area contributed by atoms with Crippen LogP contribution in [0.1, 0.15) is 45.1 Å². The molecule has 1 aromatic carbocycles. The van der Waals surface area contributed by atoms with Crippen LogP contribution in [-0.2, 0) is 9.53 Å². The number of esters is 1. The smallest absolute Gasteiger partial charge is 0.310 e. The molecule has 0 spiro atoms. The maximum Gasteiger partial charge on any atom is 0.310 e. The zero-order valence-corrected chi connectivity index (χ0v) is 16.3. The lowest BCUT2D eigenvalue weighted by molar-refractivity contribution is -0.144. The second-order valence-electron chi connectivity index (χ2n) is 8.47. The van der Waals surface area contributed by atoms with E-state index in [-0.39, 0.29) is 29.3 Å². The predicted molar refractivity (Wildman–Crippen MR) is 103 cm³/mol. The molecule has 3 aliphatic rings. The Kier molecular flexibility index (Phi) is 4.47. The predicted octanol–water partition coefficient (Wildman–Crippen LogP) is 5.40. The Labute approximate surface area is 155 Å². The molecular formula is C22H28O2S. The Bertz CT molecular complexity index is 710. The van der Waals surface area contributed by atoms with Crippen LogP contribution in [0.15, 0.2) is 40.8 Å². The molecule has 3 heteroatoms. The summed E-state index contributed by atoms with van der Waals surface area (Å²) in [5, 5.41) is 0. The van der Waals surface area contributed by atoms with E-state index in [4.69, 9.17) is 4.74 Å². The van der Waals surface area contributed by atoms with Crippen LogP contribution in [-0.4, -0.2) is 17.8 Å². The van der Waals surface area contributed by atoms with Crippen LogP contribution in [0.25, 0.3) is 0 Å². The summed E-state index contributed by atoms with van der Waals surface area (Å²) >= 11 is 1.79. The normalized spacial score (nSPS) is 37.1. The quantitative estimate of drug-likeness (QED) is 0.412. The van der Waals surface area contributed by atoms with Gasteiger partial charge in [0.05, 0.1) is 5.92 Å². The number of hydrogen-bond donors (Lipinski definition) is 0. The van der Waals surface area contributed by atoms with Gasteiger partial charge in [0, 0.05) is 16.6 Å². The lowest BCUT2D eigenvalue weighted by atomic mass is 9.59. The van der Waals surface area contributed by atoms with E-state index in [1.165, 1.54) is 29.7 Å². The Morgan fingerprint density at radius 3 is 3.00 bits per heavy atom. The van der Waals surface area contributed by atoms with E-state index >= 15 is 0 Å². The number of hydrogen-bond acceptors (Lipinski definition) is 3. The van der Waals surface area contributed by atoms with Gasteiger partial charge in [-0.2, -0.15) is 0 Å². The van der Waals surface area contributed by atoms with E-state index in [9.17, 15) is 4.79 Å². The van der Waals surface area contributed by atoms with Gasteiger partial charge in [-0.3, -0.25) is 4.79 Å². The van der Waals surface area contributed by atoms with Gasteiger partial charge in [-0.1, -0.05) is 49.6 Å². The molecule has 25 heavy (non-hydrogen) atoms. The monoisotopic (exact) mass is 356 g/mol. The molecule has 0 bridgehead atoms. The fourth-order valence-corrected chi connectivity index (χ4v) is 6.31. The van der Waals surface area contributed by atoms with E-state index in [0.717, 1.165) is 12.2 Å². The minimum Gasteiger partial charge on any atom is -0.461 e. The zero-order valence-electron chi connectivity index (χ0n) is 15.5. The van der Waals surface area contributed by atoms with E-state index in [0.29, 0.717) is 5.92 Å². The number of rotatable bonds is 3. The van der Waals surface area contributed by atoms with Crippen LogP contribution >= 0.6 is 11.8 Å². The number of aryl methyl sites for hydroxylation is 1. The highest BCUT2D eigenvalue weighted by Crippen LogP contribution is 2.54. The van der Waals surface area contributed by atoms with Gasteiger partial charge in [0.1, 0.15) is 6.10 Å². The first-order valence-electron chi connectivity index (χ1n) is 9.58. The summed E-state index contributed by atoms with van der Waals surface area (Å²) in [4.78, 5) is 13.8. The first-order chi connectivity index (χ1) is 12.0. The number of thioether (sulfide) groups is 1. The SMILES string of the molecule is Cc1cccc(SCC2C(=O)OC3CC4(C)CCCC(C)C4=CC32)c1. The fourth-order valence-electron chi connectivity index (χ4n) is 5.13. The van der Waals surface area contributed by atoms with Crippen LogP contribution < -0.4 is 0 Å². The second-order valence-corrected chi connectivity index (χ2v) is 9.56.